The first-order chi connectivity index (χ1) is 10.3. The van der Waals surface area contributed by atoms with Gasteiger partial charge in [0.2, 0.25) is 0 Å². The van der Waals surface area contributed by atoms with Crippen molar-refractivity contribution in [3.63, 3.8) is 0 Å². The van der Waals surface area contributed by atoms with Crippen LogP contribution in [0.1, 0.15) is 26.3 Å². The van der Waals surface area contributed by atoms with Gasteiger partial charge in [0.15, 0.2) is 0 Å². The van der Waals surface area contributed by atoms with Gasteiger partial charge in [-0.1, -0.05) is 12.1 Å². The summed E-state index contributed by atoms with van der Waals surface area (Å²) in [6.07, 6.45) is 0. The summed E-state index contributed by atoms with van der Waals surface area (Å²) in [6, 6.07) is 7.94. The number of urea groups is 1. The summed E-state index contributed by atoms with van der Waals surface area (Å²) in [5.41, 5.74) is 1.88. The number of piperazine rings is 1. The van der Waals surface area contributed by atoms with Gasteiger partial charge in [-0.15, -0.1) is 0 Å². The van der Waals surface area contributed by atoms with Crippen LogP contribution in [0, 0.1) is 0 Å². The lowest BCUT2D eigenvalue weighted by atomic mass is 10.1. The minimum atomic E-state index is -0.231. The first-order valence-corrected chi connectivity index (χ1v) is 7.91. The topological polar surface area (TPSA) is 47.6 Å². The van der Waals surface area contributed by atoms with Crippen LogP contribution in [0.15, 0.2) is 24.3 Å². The molecule has 2 N–H and O–H groups in total. The lowest BCUT2D eigenvalue weighted by Gasteiger charge is -2.32. The molecule has 2 rings (SSSR count). The lowest BCUT2D eigenvalue weighted by molar-refractivity contribution is 0.148. The summed E-state index contributed by atoms with van der Waals surface area (Å²) in [4.78, 5) is 16.7. The zero-order chi connectivity index (χ0) is 16.2. The van der Waals surface area contributed by atoms with Gasteiger partial charge in [-0.05, 0) is 45.5 Å². The average Bonchev–Trinajstić information content (AvgIpc) is 2.41. The molecule has 0 aromatic heterocycles. The van der Waals surface area contributed by atoms with Gasteiger partial charge in [0, 0.05) is 44.0 Å². The van der Waals surface area contributed by atoms with Gasteiger partial charge in [-0.2, -0.15) is 0 Å². The molecular weight excluding hydrogens is 276 g/mol. The molecule has 5 heteroatoms. The standard InChI is InChI=1S/C17H28N4O/c1-17(2,3)19-16(22)18-15-7-5-14(6-8-15)13-21-11-9-20(4)10-12-21/h5-8H,9-13H2,1-4H3,(H2,18,19,22). The third kappa shape index (κ3) is 5.66. The molecule has 0 saturated carbocycles. The van der Waals surface area contributed by atoms with Crippen molar-refractivity contribution in [1.29, 1.82) is 0 Å². The van der Waals surface area contributed by atoms with Crippen LogP contribution in [0.4, 0.5) is 10.5 Å². The quantitative estimate of drug-likeness (QED) is 0.901. The van der Waals surface area contributed by atoms with Crippen LogP contribution in [0.25, 0.3) is 0 Å². The van der Waals surface area contributed by atoms with Crippen LogP contribution in [0.5, 0.6) is 0 Å². The van der Waals surface area contributed by atoms with Gasteiger partial charge in [-0.3, -0.25) is 4.90 Å². The van der Waals surface area contributed by atoms with E-state index in [1.165, 1.54) is 5.56 Å². The van der Waals surface area contributed by atoms with Gasteiger partial charge in [0.1, 0.15) is 0 Å². The summed E-state index contributed by atoms with van der Waals surface area (Å²) in [6.45, 7) is 11.4. The molecule has 0 spiro atoms. The molecule has 2 amide bonds. The molecule has 1 heterocycles. The van der Waals surface area contributed by atoms with Crippen LogP contribution < -0.4 is 10.6 Å². The molecule has 0 radical (unpaired) electrons. The van der Waals surface area contributed by atoms with Crippen molar-refractivity contribution in [1.82, 2.24) is 15.1 Å². The van der Waals surface area contributed by atoms with Gasteiger partial charge < -0.3 is 15.5 Å². The van der Waals surface area contributed by atoms with Gasteiger partial charge in [0.05, 0.1) is 0 Å². The SMILES string of the molecule is CN1CCN(Cc2ccc(NC(=O)NC(C)(C)C)cc2)CC1. The van der Waals surface area contributed by atoms with Crippen molar-refractivity contribution in [2.24, 2.45) is 0 Å². The van der Waals surface area contributed by atoms with Crippen LogP contribution in [-0.2, 0) is 6.54 Å². The number of hydrogen-bond donors (Lipinski definition) is 2. The Kier molecular flexibility index (Phi) is 5.42. The Hall–Kier alpha value is -1.59. The molecule has 1 fully saturated rings. The normalized spacial score (nSPS) is 17.3. The Balaban J connectivity index is 1.84. The molecule has 0 bridgehead atoms. The van der Waals surface area contributed by atoms with Crippen LogP contribution in [0.2, 0.25) is 0 Å². The summed E-state index contributed by atoms with van der Waals surface area (Å²) in [5, 5.41) is 5.75. The monoisotopic (exact) mass is 304 g/mol. The molecule has 1 aliphatic rings. The lowest BCUT2D eigenvalue weighted by Crippen LogP contribution is -2.43. The number of hydrogen-bond acceptors (Lipinski definition) is 3. The molecule has 0 unspecified atom stereocenters. The number of amides is 2. The highest BCUT2D eigenvalue weighted by atomic mass is 16.2. The highest BCUT2D eigenvalue weighted by molar-refractivity contribution is 5.89. The highest BCUT2D eigenvalue weighted by Crippen LogP contribution is 2.13. The maximum atomic E-state index is 11.8. The van der Waals surface area contributed by atoms with Crippen molar-refractivity contribution in [3.8, 4) is 0 Å². The van der Waals surface area contributed by atoms with Crippen LogP contribution >= 0.6 is 0 Å². The molecule has 1 aromatic rings. The molecule has 0 aliphatic carbocycles. The zero-order valence-electron chi connectivity index (χ0n) is 14.1. The number of anilines is 1. The minimum Gasteiger partial charge on any atom is -0.333 e. The van der Waals surface area contributed by atoms with Crippen molar-refractivity contribution in [3.05, 3.63) is 29.8 Å². The first-order valence-electron chi connectivity index (χ1n) is 7.91. The number of nitrogens with zero attached hydrogens (tertiary/aromatic N) is 2. The van der Waals surface area contributed by atoms with Crippen molar-refractivity contribution in [2.45, 2.75) is 32.9 Å². The van der Waals surface area contributed by atoms with Crippen molar-refractivity contribution < 1.29 is 4.79 Å². The van der Waals surface area contributed by atoms with E-state index in [2.05, 4.69) is 39.6 Å². The van der Waals surface area contributed by atoms with E-state index in [1.807, 2.05) is 32.9 Å². The Morgan fingerprint density at radius 3 is 2.23 bits per heavy atom. The van der Waals surface area contributed by atoms with Crippen molar-refractivity contribution >= 4 is 11.7 Å². The molecular formula is C17H28N4O. The Morgan fingerprint density at radius 2 is 1.68 bits per heavy atom. The highest BCUT2D eigenvalue weighted by Gasteiger charge is 2.15. The smallest absolute Gasteiger partial charge is 0.319 e. The molecule has 1 aliphatic heterocycles. The maximum absolute atomic E-state index is 11.8. The number of likely N-dealkylation sites (N-methyl/N-ethyl adjacent to an activating group) is 1. The van der Waals surface area contributed by atoms with E-state index in [9.17, 15) is 4.79 Å². The van der Waals surface area contributed by atoms with E-state index in [0.29, 0.717) is 0 Å². The fourth-order valence-corrected chi connectivity index (χ4v) is 2.46. The first kappa shape index (κ1) is 16.8. The van der Waals surface area contributed by atoms with Gasteiger partial charge in [0.25, 0.3) is 0 Å². The average molecular weight is 304 g/mol. The largest absolute Gasteiger partial charge is 0.333 e. The summed E-state index contributed by atoms with van der Waals surface area (Å²) >= 11 is 0. The van der Waals surface area contributed by atoms with Crippen LogP contribution in [-0.4, -0.2) is 54.6 Å². The summed E-state index contributed by atoms with van der Waals surface area (Å²) < 4.78 is 0. The van der Waals surface area contributed by atoms with E-state index in [1.54, 1.807) is 0 Å². The number of nitrogens with one attached hydrogen (secondary N) is 2. The van der Waals surface area contributed by atoms with Crippen molar-refractivity contribution in [2.75, 3.05) is 38.5 Å². The van der Waals surface area contributed by atoms with E-state index < -0.39 is 0 Å². The van der Waals surface area contributed by atoms with Gasteiger partial charge >= 0.3 is 6.03 Å². The Morgan fingerprint density at radius 1 is 1.09 bits per heavy atom. The predicted octanol–water partition coefficient (Wildman–Crippen LogP) is 2.35. The van der Waals surface area contributed by atoms with Gasteiger partial charge in [-0.25, -0.2) is 4.79 Å². The predicted molar refractivity (Wildman–Crippen MR) is 91.1 cm³/mol. The summed E-state index contributed by atoms with van der Waals surface area (Å²) in [7, 11) is 2.17. The summed E-state index contributed by atoms with van der Waals surface area (Å²) in [5.74, 6) is 0. The molecule has 22 heavy (non-hydrogen) atoms. The fraction of sp³-hybridized carbons (Fsp3) is 0.588. The van der Waals surface area contributed by atoms with E-state index in [0.717, 1.165) is 38.4 Å². The molecule has 0 atom stereocenters. The van der Waals surface area contributed by atoms with E-state index in [-0.39, 0.29) is 11.6 Å². The number of carbonyl (C=O) groups excluding carboxylic acids is 1. The van der Waals surface area contributed by atoms with E-state index >= 15 is 0 Å². The molecule has 1 aromatic carbocycles. The fourth-order valence-electron chi connectivity index (χ4n) is 2.46. The third-order valence-corrected chi connectivity index (χ3v) is 3.70. The maximum Gasteiger partial charge on any atom is 0.319 e. The minimum absolute atomic E-state index is 0.167. The molecule has 5 nitrogen and oxygen atoms in total. The zero-order valence-corrected chi connectivity index (χ0v) is 14.1. The Bertz CT molecular complexity index is 484. The third-order valence-electron chi connectivity index (χ3n) is 3.70. The second-order valence-electron chi connectivity index (χ2n) is 7.11. The molecule has 1 saturated heterocycles. The van der Waals surface area contributed by atoms with E-state index in [4.69, 9.17) is 0 Å². The number of benzene rings is 1. The number of carbonyl (C=O) groups is 1. The number of rotatable bonds is 3. The van der Waals surface area contributed by atoms with Crippen LogP contribution in [0.3, 0.4) is 0 Å². The second kappa shape index (κ2) is 7.11. The molecule has 122 valence electrons. The Labute approximate surface area is 133 Å². The second-order valence-corrected chi connectivity index (χ2v) is 7.11.